The molecule has 1 aromatic carbocycles. The number of carbonyl (C=O) groups excluding carboxylic acids is 1. The van der Waals surface area contributed by atoms with Crippen LogP contribution in [0.1, 0.15) is 55.9 Å². The Hall–Kier alpha value is -2.17. The summed E-state index contributed by atoms with van der Waals surface area (Å²) in [7, 11) is 0. The van der Waals surface area contributed by atoms with E-state index in [0.717, 1.165) is 50.9 Å². The molecule has 23 heavy (non-hydrogen) atoms. The van der Waals surface area contributed by atoms with Crippen LogP contribution in [0.5, 0.6) is 0 Å². The highest BCUT2D eigenvalue weighted by molar-refractivity contribution is 5.73. The molecule has 5 heteroatoms. The standard InChI is InChI=1S/C18H23N3O2/c1-14(22)21-13-6-5-11-16(21)18-19-17(20-23-18)12-7-10-15-8-3-2-4-9-15/h2-4,8-9,16H,5-7,10-13H2,1H3/t16-/m0/s1. The topological polar surface area (TPSA) is 59.2 Å². The van der Waals surface area contributed by atoms with Crippen molar-refractivity contribution in [3.63, 3.8) is 0 Å². The van der Waals surface area contributed by atoms with Crippen LogP contribution in [0, 0.1) is 0 Å². The first-order valence-corrected chi connectivity index (χ1v) is 8.37. The second-order valence-corrected chi connectivity index (χ2v) is 6.11. The highest BCUT2D eigenvalue weighted by Crippen LogP contribution is 2.29. The zero-order valence-electron chi connectivity index (χ0n) is 13.6. The zero-order valence-corrected chi connectivity index (χ0v) is 13.6. The van der Waals surface area contributed by atoms with Crippen molar-refractivity contribution in [2.45, 2.75) is 51.5 Å². The van der Waals surface area contributed by atoms with Crippen LogP contribution in [0.3, 0.4) is 0 Å². The van der Waals surface area contributed by atoms with Crippen LogP contribution in [0.2, 0.25) is 0 Å². The van der Waals surface area contributed by atoms with Gasteiger partial charge in [0.2, 0.25) is 11.8 Å². The smallest absolute Gasteiger partial charge is 0.249 e. The molecule has 1 amide bonds. The van der Waals surface area contributed by atoms with Gasteiger partial charge in [-0.15, -0.1) is 0 Å². The molecule has 2 aromatic rings. The van der Waals surface area contributed by atoms with Crippen molar-refractivity contribution in [3.05, 3.63) is 47.6 Å². The van der Waals surface area contributed by atoms with Gasteiger partial charge in [0.05, 0.1) is 0 Å². The largest absolute Gasteiger partial charge is 0.337 e. The molecule has 0 N–H and O–H groups in total. The van der Waals surface area contributed by atoms with Crippen LogP contribution >= 0.6 is 0 Å². The van der Waals surface area contributed by atoms with Crippen molar-refractivity contribution in [3.8, 4) is 0 Å². The maximum absolute atomic E-state index is 11.8. The number of nitrogens with zero attached hydrogens (tertiary/aromatic N) is 3. The molecule has 0 radical (unpaired) electrons. The predicted molar refractivity (Wildman–Crippen MR) is 86.7 cm³/mol. The predicted octanol–water partition coefficient (Wildman–Crippen LogP) is 3.32. The Kier molecular flexibility index (Phi) is 5.05. The molecule has 1 atom stereocenters. The van der Waals surface area contributed by atoms with Gasteiger partial charge in [-0.3, -0.25) is 4.79 Å². The lowest BCUT2D eigenvalue weighted by Gasteiger charge is -2.32. The number of hydrogen-bond acceptors (Lipinski definition) is 4. The number of carbonyl (C=O) groups is 1. The Balaban J connectivity index is 1.58. The number of rotatable bonds is 5. The van der Waals surface area contributed by atoms with E-state index >= 15 is 0 Å². The third-order valence-corrected chi connectivity index (χ3v) is 4.38. The van der Waals surface area contributed by atoms with E-state index in [2.05, 4.69) is 34.4 Å². The van der Waals surface area contributed by atoms with Crippen LogP contribution < -0.4 is 0 Å². The minimum absolute atomic E-state index is 0.0448. The number of piperidine rings is 1. The molecule has 0 saturated carbocycles. The Bertz CT molecular complexity index is 639. The third-order valence-electron chi connectivity index (χ3n) is 4.38. The second-order valence-electron chi connectivity index (χ2n) is 6.11. The van der Waals surface area contributed by atoms with Crippen molar-refractivity contribution in [1.82, 2.24) is 15.0 Å². The Morgan fingerprint density at radius 2 is 2.09 bits per heavy atom. The van der Waals surface area contributed by atoms with Crippen molar-refractivity contribution in [2.75, 3.05) is 6.54 Å². The summed E-state index contributed by atoms with van der Waals surface area (Å²) >= 11 is 0. The Labute approximate surface area is 136 Å². The average Bonchev–Trinajstić information content (AvgIpc) is 3.04. The maximum Gasteiger partial charge on any atom is 0.249 e. The molecule has 2 heterocycles. The van der Waals surface area contributed by atoms with Gasteiger partial charge in [0.1, 0.15) is 6.04 Å². The molecular formula is C18H23N3O2. The van der Waals surface area contributed by atoms with Gasteiger partial charge in [-0.25, -0.2) is 0 Å². The lowest BCUT2D eigenvalue weighted by atomic mass is 10.0. The van der Waals surface area contributed by atoms with E-state index in [-0.39, 0.29) is 11.9 Å². The molecule has 1 aromatic heterocycles. The average molecular weight is 313 g/mol. The van der Waals surface area contributed by atoms with Gasteiger partial charge in [-0.05, 0) is 37.7 Å². The Morgan fingerprint density at radius 3 is 2.87 bits per heavy atom. The second kappa shape index (κ2) is 7.40. The summed E-state index contributed by atoms with van der Waals surface area (Å²) in [6.45, 7) is 2.39. The van der Waals surface area contributed by atoms with Crippen LogP contribution in [0.4, 0.5) is 0 Å². The quantitative estimate of drug-likeness (QED) is 0.849. The lowest BCUT2D eigenvalue weighted by Crippen LogP contribution is -2.37. The number of hydrogen-bond donors (Lipinski definition) is 0. The summed E-state index contributed by atoms with van der Waals surface area (Å²) in [5.74, 6) is 1.41. The molecule has 1 fully saturated rings. The normalized spacial score (nSPS) is 18.1. The van der Waals surface area contributed by atoms with Crippen molar-refractivity contribution < 1.29 is 9.32 Å². The zero-order chi connectivity index (χ0) is 16.1. The SMILES string of the molecule is CC(=O)N1CCCC[C@H]1c1nc(CCCc2ccccc2)no1. The first kappa shape index (κ1) is 15.7. The summed E-state index contributed by atoms with van der Waals surface area (Å²) in [6, 6.07) is 10.4. The van der Waals surface area contributed by atoms with Crippen LogP contribution in [-0.4, -0.2) is 27.5 Å². The van der Waals surface area contributed by atoms with Gasteiger partial charge < -0.3 is 9.42 Å². The van der Waals surface area contributed by atoms with Crippen LogP contribution in [-0.2, 0) is 17.6 Å². The van der Waals surface area contributed by atoms with Crippen molar-refractivity contribution in [1.29, 1.82) is 0 Å². The fourth-order valence-electron chi connectivity index (χ4n) is 3.16. The molecule has 0 unspecified atom stereocenters. The van der Waals surface area contributed by atoms with E-state index in [1.165, 1.54) is 5.56 Å². The molecule has 0 bridgehead atoms. The van der Waals surface area contributed by atoms with E-state index in [1.807, 2.05) is 11.0 Å². The highest BCUT2D eigenvalue weighted by Gasteiger charge is 2.30. The fourth-order valence-corrected chi connectivity index (χ4v) is 3.16. The van der Waals surface area contributed by atoms with Crippen molar-refractivity contribution in [2.24, 2.45) is 0 Å². The first-order valence-electron chi connectivity index (χ1n) is 8.37. The molecule has 1 saturated heterocycles. The van der Waals surface area contributed by atoms with Gasteiger partial charge in [0.15, 0.2) is 5.82 Å². The summed E-state index contributed by atoms with van der Waals surface area (Å²) in [5.41, 5.74) is 1.33. The van der Waals surface area contributed by atoms with Crippen LogP contribution in [0.15, 0.2) is 34.9 Å². The monoisotopic (exact) mass is 313 g/mol. The summed E-state index contributed by atoms with van der Waals surface area (Å²) in [5, 5.41) is 4.09. The van der Waals surface area contributed by atoms with E-state index in [1.54, 1.807) is 6.92 Å². The molecular weight excluding hydrogens is 290 g/mol. The number of aryl methyl sites for hydroxylation is 2. The van der Waals surface area contributed by atoms with E-state index in [0.29, 0.717) is 5.89 Å². The molecule has 0 spiro atoms. The maximum atomic E-state index is 11.8. The fraction of sp³-hybridized carbons (Fsp3) is 0.500. The minimum atomic E-state index is -0.0448. The number of benzene rings is 1. The summed E-state index contributed by atoms with van der Waals surface area (Å²) in [4.78, 5) is 18.1. The first-order chi connectivity index (χ1) is 11.2. The lowest BCUT2D eigenvalue weighted by molar-refractivity contribution is -0.133. The summed E-state index contributed by atoms with van der Waals surface area (Å²) in [6.07, 6.45) is 5.85. The van der Waals surface area contributed by atoms with E-state index < -0.39 is 0 Å². The van der Waals surface area contributed by atoms with Crippen LogP contribution in [0.25, 0.3) is 0 Å². The van der Waals surface area contributed by atoms with Gasteiger partial charge >= 0.3 is 0 Å². The van der Waals surface area contributed by atoms with Gasteiger partial charge in [-0.2, -0.15) is 4.98 Å². The Morgan fingerprint density at radius 1 is 1.26 bits per heavy atom. The molecule has 3 rings (SSSR count). The number of likely N-dealkylation sites (tertiary alicyclic amines) is 1. The molecule has 5 nitrogen and oxygen atoms in total. The number of amides is 1. The molecule has 0 aliphatic carbocycles. The minimum Gasteiger partial charge on any atom is -0.337 e. The molecule has 1 aliphatic heterocycles. The summed E-state index contributed by atoms with van der Waals surface area (Å²) < 4.78 is 5.43. The van der Waals surface area contributed by atoms with E-state index in [4.69, 9.17) is 4.52 Å². The highest BCUT2D eigenvalue weighted by atomic mass is 16.5. The third kappa shape index (κ3) is 3.97. The van der Waals surface area contributed by atoms with Gasteiger partial charge in [-0.1, -0.05) is 35.5 Å². The van der Waals surface area contributed by atoms with Gasteiger partial charge in [0.25, 0.3) is 0 Å². The molecule has 122 valence electrons. The van der Waals surface area contributed by atoms with Crippen molar-refractivity contribution >= 4 is 5.91 Å². The van der Waals surface area contributed by atoms with E-state index in [9.17, 15) is 4.79 Å². The molecule has 1 aliphatic rings. The van der Waals surface area contributed by atoms with Gasteiger partial charge in [0, 0.05) is 19.9 Å². The number of aromatic nitrogens is 2.